The van der Waals surface area contributed by atoms with E-state index in [1.807, 2.05) is 48.5 Å². The summed E-state index contributed by atoms with van der Waals surface area (Å²) in [6.07, 6.45) is 4.84. The highest BCUT2D eigenvalue weighted by Crippen LogP contribution is 2.31. The maximum Gasteiger partial charge on any atom is 0.206 e. The second-order valence-electron chi connectivity index (χ2n) is 15.6. The van der Waals surface area contributed by atoms with E-state index >= 15 is 0 Å². The number of halogens is 3. The fraction of sp³-hybridized carbons (Fsp3) is 0.340. The normalized spacial score (nSPS) is 16.1. The minimum Gasteiger partial charge on any atom is -0.492 e. The van der Waals surface area contributed by atoms with Crippen LogP contribution in [0.1, 0.15) is 62.4 Å². The molecule has 352 valence electrons. The van der Waals surface area contributed by atoms with Gasteiger partial charge in [0.1, 0.15) is 47.0 Å². The van der Waals surface area contributed by atoms with Crippen LogP contribution in [0, 0.1) is 25.5 Å². The van der Waals surface area contributed by atoms with Crippen LogP contribution in [0.25, 0.3) is 0 Å². The summed E-state index contributed by atoms with van der Waals surface area (Å²) in [4.78, 5) is 37.0. The van der Waals surface area contributed by atoms with Gasteiger partial charge in [0.15, 0.2) is 21.2 Å². The molecule has 3 heterocycles. The van der Waals surface area contributed by atoms with Crippen LogP contribution >= 0.6 is 56.2 Å². The Balaban J connectivity index is 0.000000204. The molecule has 2 aliphatic rings. The Bertz CT molecular complexity index is 2450. The van der Waals surface area contributed by atoms with Crippen LogP contribution < -0.4 is 31.6 Å². The summed E-state index contributed by atoms with van der Waals surface area (Å²) in [5.41, 5.74) is 15.7. The average molecular weight is 998 g/mol. The molecule has 1 aromatic heterocycles. The Kier molecular flexibility index (Phi) is 20.6. The fourth-order valence-electron chi connectivity index (χ4n) is 6.78. The first-order chi connectivity index (χ1) is 31.6. The lowest BCUT2D eigenvalue weighted by Gasteiger charge is -2.19. The summed E-state index contributed by atoms with van der Waals surface area (Å²) < 4.78 is 38.5. The number of alkyl halides is 1. The van der Waals surface area contributed by atoms with E-state index in [-0.39, 0.29) is 39.5 Å². The van der Waals surface area contributed by atoms with E-state index in [1.165, 1.54) is 43.2 Å². The molecule has 0 amide bonds. The molecule has 0 saturated carbocycles. The lowest BCUT2D eigenvalue weighted by Crippen LogP contribution is -2.30. The van der Waals surface area contributed by atoms with Crippen molar-refractivity contribution in [2.24, 2.45) is 10.7 Å². The number of aliphatic imine (C=N–C) groups is 1. The molecule has 12 nitrogen and oxygen atoms in total. The van der Waals surface area contributed by atoms with Gasteiger partial charge < -0.3 is 41.4 Å². The molecule has 2 fully saturated rings. The lowest BCUT2D eigenvalue weighted by molar-refractivity contribution is 0.101. The number of likely N-dealkylation sites (tertiary alicyclic amines) is 2. The highest BCUT2D eigenvalue weighted by Gasteiger charge is 2.23. The van der Waals surface area contributed by atoms with Gasteiger partial charge in [0.2, 0.25) is 5.78 Å². The van der Waals surface area contributed by atoms with Crippen LogP contribution in [0.5, 0.6) is 11.5 Å². The number of likely N-dealkylation sites (N-methyl/N-ethyl adjacent to an activating group) is 2. The first-order valence-electron chi connectivity index (χ1n) is 21.2. The number of Topliss-reactive ketones (excluding diaryl/α,β-unsaturated/α-hetero) is 1. The summed E-state index contributed by atoms with van der Waals surface area (Å²) in [5, 5.41) is 7.51. The topological polar surface area (TPSA) is 160 Å². The zero-order chi connectivity index (χ0) is 47.8. The Morgan fingerprint density at radius 1 is 0.879 bits per heavy atom. The second kappa shape index (κ2) is 26.0. The molecule has 6 N–H and O–H groups in total. The maximum absolute atomic E-state index is 13.8. The number of nitrogen functional groups attached to an aromatic ring is 1. The number of ether oxygens (including phenoxy) is 2. The summed E-state index contributed by atoms with van der Waals surface area (Å²) in [7, 11) is 6.86. The Morgan fingerprint density at radius 2 is 1.39 bits per heavy atom. The van der Waals surface area contributed by atoms with Gasteiger partial charge in [0.25, 0.3) is 0 Å². The minimum absolute atomic E-state index is 0.109. The van der Waals surface area contributed by atoms with Gasteiger partial charge in [-0.05, 0) is 151 Å². The number of amidine groups is 1. The van der Waals surface area contributed by atoms with Crippen molar-refractivity contribution in [3.63, 3.8) is 0 Å². The van der Waals surface area contributed by atoms with Crippen LogP contribution in [0.15, 0.2) is 89.9 Å². The lowest BCUT2D eigenvalue weighted by atomic mass is 10.1. The van der Waals surface area contributed by atoms with Gasteiger partial charge in [-0.3, -0.25) is 9.59 Å². The number of nitrogens with two attached hydrogens (primary N) is 2. The number of hydrogen-bond acceptors (Lipinski definition) is 12. The predicted octanol–water partition coefficient (Wildman–Crippen LogP) is 9.91. The monoisotopic (exact) mass is 996 g/mol. The number of nitrogens with zero attached hydrogens (tertiary/aromatic N) is 4. The number of aryl methyl sites for hydroxylation is 2. The van der Waals surface area contributed by atoms with Crippen LogP contribution in [0.3, 0.4) is 0 Å². The number of thioether (sulfide) groups is 1. The Morgan fingerprint density at radius 3 is 1.88 bits per heavy atom. The number of carbonyl (C=O) groups excluding carboxylic acids is 2. The number of thiazole rings is 1. The summed E-state index contributed by atoms with van der Waals surface area (Å²) >= 11 is 13.0. The van der Waals surface area contributed by atoms with Crippen LogP contribution in [-0.4, -0.2) is 100 Å². The van der Waals surface area contributed by atoms with E-state index in [0.29, 0.717) is 50.8 Å². The highest BCUT2D eigenvalue weighted by atomic mass is 35.5. The fourth-order valence-corrected chi connectivity index (χ4v) is 8.92. The van der Waals surface area contributed by atoms with Gasteiger partial charge in [-0.15, -0.1) is 20.8 Å². The van der Waals surface area contributed by atoms with Crippen LogP contribution in [0.2, 0.25) is 0 Å². The highest BCUT2D eigenvalue weighted by molar-refractivity contribution is 8.16. The molecule has 7 rings (SSSR count). The maximum atomic E-state index is 13.8. The quantitative estimate of drug-likeness (QED) is 0.0208. The zero-order valence-corrected chi connectivity index (χ0v) is 41.7. The van der Waals surface area contributed by atoms with Crippen molar-refractivity contribution >= 4 is 100 Å². The van der Waals surface area contributed by atoms with Gasteiger partial charge >= 0.3 is 0 Å². The molecular formula is C47H56ClF2N8O4PS3. The Hall–Kier alpha value is -4.74. The van der Waals surface area contributed by atoms with Crippen molar-refractivity contribution in [2.45, 2.75) is 51.6 Å². The standard InChI is InChI=1S/C23H25FN4O2S.C15H23N4OPS2.C9H8ClFO/c1-14-5-6-15(12-19(14)24)20(29)21-22(25)27-23(31-21)26-16-7-9-18(10-8-16)30-13-17-4-3-11-28(17)2;1-19-8-2-3-12(19)9-20-13-6-4-11(5-7-13)17-15(22)18-14(16)23-10-21;1-6-2-3-7(4-8(6)11)9(12)5-10/h5-10,12,17H,3-4,11,13,25H2,1-2H3,(H,26,27);4-7,12H,2-3,8-10,21H2,1H3,(H3,16,17,18,22);2-4H,5H2,1H3/t;12-;/m.0./s1. The molecule has 0 aliphatic carbocycles. The van der Waals surface area contributed by atoms with E-state index in [4.69, 9.17) is 44.8 Å². The number of thiocarbonyl (C=S) groups is 1. The third-order valence-electron chi connectivity index (χ3n) is 10.8. The first-order valence-corrected chi connectivity index (χ1v) is 24.7. The molecule has 2 unspecified atom stereocenters. The van der Waals surface area contributed by atoms with E-state index < -0.39 is 5.82 Å². The van der Waals surface area contributed by atoms with E-state index in [1.54, 1.807) is 38.1 Å². The summed E-state index contributed by atoms with van der Waals surface area (Å²) in [5.74, 6) is 0.296. The molecule has 3 atom stereocenters. The number of carbonyl (C=O) groups is 2. The van der Waals surface area contributed by atoms with Gasteiger partial charge in [-0.25, -0.2) is 13.8 Å². The van der Waals surface area contributed by atoms with Crippen molar-refractivity contribution in [3.8, 4) is 11.5 Å². The number of rotatable bonds is 14. The number of aromatic nitrogens is 1. The molecule has 0 bridgehead atoms. The molecule has 0 spiro atoms. The number of anilines is 4. The summed E-state index contributed by atoms with van der Waals surface area (Å²) in [6.45, 7) is 6.98. The van der Waals surface area contributed by atoms with Crippen molar-refractivity contribution in [3.05, 3.63) is 124 Å². The van der Waals surface area contributed by atoms with Gasteiger partial charge in [-0.1, -0.05) is 47.4 Å². The van der Waals surface area contributed by atoms with Crippen LogP contribution in [0.4, 0.5) is 31.1 Å². The molecule has 5 aromatic rings. The van der Waals surface area contributed by atoms with Crippen molar-refractivity contribution < 1.29 is 27.8 Å². The second-order valence-corrected chi connectivity index (χ2v) is 19.3. The first kappa shape index (κ1) is 52.2. The number of benzene rings is 4. The molecule has 2 saturated heterocycles. The van der Waals surface area contributed by atoms with Crippen molar-refractivity contribution in [1.29, 1.82) is 0 Å². The summed E-state index contributed by atoms with van der Waals surface area (Å²) in [6, 6.07) is 25.0. The SMILES string of the molecule is CN1CCC[C@H]1COc1ccc(NC(=S)N=C(N)SCP)cc1.Cc1ccc(C(=O)CCl)cc1F.Cc1ccc(C(=O)c2sc(Nc3ccc(OCC4CCCN4C)cc3)nc2N)cc1F. The van der Waals surface area contributed by atoms with Gasteiger partial charge in [0.05, 0.1) is 5.88 Å². The molecule has 4 aromatic carbocycles. The third-order valence-corrected chi connectivity index (χ3v) is 13.3. The van der Waals surface area contributed by atoms with Crippen molar-refractivity contribution in [2.75, 3.05) is 68.1 Å². The van der Waals surface area contributed by atoms with Crippen molar-refractivity contribution in [1.82, 2.24) is 14.8 Å². The largest absolute Gasteiger partial charge is 0.492 e. The van der Waals surface area contributed by atoms with E-state index in [0.717, 1.165) is 65.8 Å². The van der Waals surface area contributed by atoms with E-state index in [2.05, 4.69) is 53.7 Å². The third kappa shape index (κ3) is 16.0. The number of nitrogens with one attached hydrogen (secondary N) is 2. The molecule has 19 heteroatoms. The smallest absolute Gasteiger partial charge is 0.206 e. The average Bonchev–Trinajstić information content (AvgIpc) is 4.03. The molecule has 66 heavy (non-hydrogen) atoms. The van der Waals surface area contributed by atoms with Crippen LogP contribution in [-0.2, 0) is 0 Å². The van der Waals surface area contributed by atoms with Gasteiger partial charge in [0, 0.05) is 40.1 Å². The predicted molar refractivity (Wildman–Crippen MR) is 276 cm³/mol. The molecule has 2 aliphatic heterocycles. The minimum atomic E-state index is -0.422. The Labute approximate surface area is 406 Å². The van der Waals surface area contributed by atoms with E-state index in [9.17, 15) is 18.4 Å². The number of ketones is 2. The molecule has 0 radical (unpaired) electrons. The zero-order valence-electron chi connectivity index (χ0n) is 37.3. The molecular weight excluding hydrogens is 941 g/mol. The number of hydrogen-bond donors (Lipinski definition) is 4. The van der Waals surface area contributed by atoms with Gasteiger partial charge in [-0.2, -0.15) is 4.99 Å².